The standard InChI is InChI=1S/C19H28ClN5O2/c1-4-21-19(25-12-10-24(11-13-25)15(3)26)22-9-8-18(27)23-17-7-5-6-16(20)14(17)2/h5-7H,4,8-13H2,1-3H3,(H,21,22)(H,23,27). The summed E-state index contributed by atoms with van der Waals surface area (Å²) in [5.41, 5.74) is 1.58. The lowest BCUT2D eigenvalue weighted by molar-refractivity contribution is -0.130. The Morgan fingerprint density at radius 3 is 2.48 bits per heavy atom. The smallest absolute Gasteiger partial charge is 0.226 e. The molecule has 0 atom stereocenters. The van der Waals surface area contributed by atoms with Crippen LogP contribution >= 0.6 is 11.6 Å². The van der Waals surface area contributed by atoms with E-state index in [4.69, 9.17) is 11.6 Å². The number of carbonyl (C=O) groups excluding carboxylic acids is 2. The minimum atomic E-state index is -0.0960. The Morgan fingerprint density at radius 1 is 1.19 bits per heavy atom. The van der Waals surface area contributed by atoms with Crippen molar-refractivity contribution in [2.75, 3.05) is 44.6 Å². The van der Waals surface area contributed by atoms with Crippen molar-refractivity contribution in [1.82, 2.24) is 15.1 Å². The summed E-state index contributed by atoms with van der Waals surface area (Å²) < 4.78 is 0. The number of aliphatic imine (C=N–C) groups is 1. The number of halogens is 1. The molecule has 7 nitrogen and oxygen atoms in total. The fourth-order valence-electron chi connectivity index (χ4n) is 2.88. The Kier molecular flexibility index (Phi) is 7.91. The van der Waals surface area contributed by atoms with E-state index in [9.17, 15) is 9.59 Å². The molecule has 0 radical (unpaired) electrons. The van der Waals surface area contributed by atoms with E-state index >= 15 is 0 Å². The first kappa shape index (κ1) is 21.0. The molecule has 2 rings (SSSR count). The van der Waals surface area contributed by atoms with Crippen LogP contribution in [0.5, 0.6) is 0 Å². The van der Waals surface area contributed by atoms with E-state index in [1.165, 1.54) is 0 Å². The van der Waals surface area contributed by atoms with Gasteiger partial charge in [0.15, 0.2) is 5.96 Å². The van der Waals surface area contributed by atoms with Gasteiger partial charge in [-0.15, -0.1) is 0 Å². The number of guanidine groups is 1. The molecule has 0 aromatic heterocycles. The average molecular weight is 394 g/mol. The van der Waals surface area contributed by atoms with Crippen molar-refractivity contribution in [3.63, 3.8) is 0 Å². The van der Waals surface area contributed by atoms with Gasteiger partial charge in [0.25, 0.3) is 0 Å². The molecule has 0 spiro atoms. The number of anilines is 1. The van der Waals surface area contributed by atoms with Gasteiger partial charge in [-0.1, -0.05) is 17.7 Å². The molecule has 27 heavy (non-hydrogen) atoms. The van der Waals surface area contributed by atoms with Crippen LogP contribution < -0.4 is 10.6 Å². The summed E-state index contributed by atoms with van der Waals surface area (Å²) in [5, 5.41) is 6.77. The zero-order valence-electron chi connectivity index (χ0n) is 16.2. The highest BCUT2D eigenvalue weighted by atomic mass is 35.5. The summed E-state index contributed by atoms with van der Waals surface area (Å²) in [6, 6.07) is 5.44. The van der Waals surface area contributed by atoms with Crippen LogP contribution in [0.4, 0.5) is 5.69 Å². The molecule has 1 fully saturated rings. The number of hydrogen-bond acceptors (Lipinski definition) is 3. The number of benzene rings is 1. The van der Waals surface area contributed by atoms with Gasteiger partial charge in [-0.05, 0) is 31.5 Å². The van der Waals surface area contributed by atoms with Crippen LogP contribution in [0.1, 0.15) is 25.8 Å². The zero-order chi connectivity index (χ0) is 19.8. The van der Waals surface area contributed by atoms with E-state index in [1.54, 1.807) is 13.0 Å². The summed E-state index contributed by atoms with van der Waals surface area (Å²) in [4.78, 5) is 32.2. The molecule has 0 unspecified atom stereocenters. The van der Waals surface area contributed by atoms with Crippen molar-refractivity contribution >= 4 is 35.1 Å². The van der Waals surface area contributed by atoms with Crippen LogP contribution in [0.15, 0.2) is 23.2 Å². The van der Waals surface area contributed by atoms with Crippen molar-refractivity contribution in [3.8, 4) is 0 Å². The van der Waals surface area contributed by atoms with Gasteiger partial charge < -0.3 is 20.4 Å². The molecule has 0 saturated carbocycles. The zero-order valence-corrected chi connectivity index (χ0v) is 17.0. The van der Waals surface area contributed by atoms with Gasteiger partial charge in [0, 0.05) is 56.8 Å². The van der Waals surface area contributed by atoms with Crippen molar-refractivity contribution in [1.29, 1.82) is 0 Å². The van der Waals surface area contributed by atoms with E-state index in [0.717, 1.165) is 36.8 Å². The van der Waals surface area contributed by atoms with E-state index < -0.39 is 0 Å². The van der Waals surface area contributed by atoms with E-state index in [0.29, 0.717) is 24.7 Å². The second-order valence-corrected chi connectivity index (χ2v) is 6.85. The average Bonchev–Trinajstić information content (AvgIpc) is 2.65. The predicted molar refractivity (Wildman–Crippen MR) is 109 cm³/mol. The SMILES string of the molecule is CCNC(=NCCC(=O)Nc1cccc(Cl)c1C)N1CCN(C(C)=O)CC1. The summed E-state index contributed by atoms with van der Waals surface area (Å²) in [6.45, 7) is 9.47. The largest absolute Gasteiger partial charge is 0.357 e. The fourth-order valence-corrected chi connectivity index (χ4v) is 3.05. The quantitative estimate of drug-likeness (QED) is 0.593. The third-order valence-electron chi connectivity index (χ3n) is 4.50. The molecule has 1 heterocycles. The van der Waals surface area contributed by atoms with Gasteiger partial charge in [0.2, 0.25) is 11.8 Å². The van der Waals surface area contributed by atoms with Gasteiger partial charge in [0.1, 0.15) is 0 Å². The van der Waals surface area contributed by atoms with Gasteiger partial charge in [-0.25, -0.2) is 0 Å². The number of carbonyl (C=O) groups is 2. The van der Waals surface area contributed by atoms with Crippen LogP contribution in [0, 0.1) is 6.92 Å². The summed E-state index contributed by atoms with van der Waals surface area (Å²) in [6.07, 6.45) is 0.286. The molecule has 8 heteroatoms. The predicted octanol–water partition coefficient (Wildman–Crippen LogP) is 2.11. The second-order valence-electron chi connectivity index (χ2n) is 6.44. The maximum Gasteiger partial charge on any atom is 0.226 e. The maximum atomic E-state index is 12.2. The number of rotatable bonds is 5. The topological polar surface area (TPSA) is 77.0 Å². The van der Waals surface area contributed by atoms with E-state index in [2.05, 4.69) is 20.5 Å². The molecule has 0 bridgehead atoms. The Morgan fingerprint density at radius 2 is 1.85 bits per heavy atom. The van der Waals surface area contributed by atoms with Crippen molar-refractivity contribution < 1.29 is 9.59 Å². The van der Waals surface area contributed by atoms with Crippen LogP contribution in [0.2, 0.25) is 5.02 Å². The molecule has 2 amide bonds. The summed E-state index contributed by atoms with van der Waals surface area (Å²) >= 11 is 6.08. The monoisotopic (exact) mass is 393 g/mol. The second kappa shape index (κ2) is 10.2. The first-order valence-corrected chi connectivity index (χ1v) is 9.64. The van der Waals surface area contributed by atoms with E-state index in [-0.39, 0.29) is 18.2 Å². The summed E-state index contributed by atoms with van der Waals surface area (Å²) in [5.74, 6) is 0.790. The number of amides is 2. The molecule has 1 aromatic carbocycles. The molecule has 1 aliphatic heterocycles. The summed E-state index contributed by atoms with van der Waals surface area (Å²) in [7, 11) is 0. The molecule has 1 aromatic rings. The van der Waals surface area contributed by atoms with Crippen molar-refractivity contribution in [3.05, 3.63) is 28.8 Å². The molecule has 0 aliphatic carbocycles. The minimum Gasteiger partial charge on any atom is -0.357 e. The lowest BCUT2D eigenvalue weighted by atomic mass is 10.2. The maximum absolute atomic E-state index is 12.2. The molecule has 2 N–H and O–H groups in total. The van der Waals surface area contributed by atoms with Gasteiger partial charge in [-0.2, -0.15) is 0 Å². The van der Waals surface area contributed by atoms with Crippen LogP contribution in [-0.4, -0.2) is 66.8 Å². The lowest BCUT2D eigenvalue weighted by Crippen LogP contribution is -2.53. The van der Waals surface area contributed by atoms with Gasteiger partial charge in [0.05, 0.1) is 6.54 Å². The van der Waals surface area contributed by atoms with Crippen LogP contribution in [0.3, 0.4) is 0 Å². The van der Waals surface area contributed by atoms with Gasteiger partial charge >= 0.3 is 0 Å². The molecule has 148 valence electrons. The van der Waals surface area contributed by atoms with Gasteiger partial charge in [-0.3, -0.25) is 14.6 Å². The third-order valence-corrected chi connectivity index (χ3v) is 4.91. The van der Waals surface area contributed by atoms with Crippen molar-refractivity contribution in [2.24, 2.45) is 4.99 Å². The van der Waals surface area contributed by atoms with Crippen molar-refractivity contribution in [2.45, 2.75) is 27.2 Å². The highest BCUT2D eigenvalue weighted by Gasteiger charge is 2.20. The minimum absolute atomic E-state index is 0.0960. The molecule has 1 saturated heterocycles. The Bertz CT molecular complexity index is 699. The van der Waals surface area contributed by atoms with E-state index in [1.807, 2.05) is 30.9 Å². The number of nitrogens with zero attached hydrogens (tertiary/aromatic N) is 3. The lowest BCUT2D eigenvalue weighted by Gasteiger charge is -2.36. The number of nitrogens with one attached hydrogen (secondary N) is 2. The Labute approximate surface area is 165 Å². The fraction of sp³-hybridized carbons (Fsp3) is 0.526. The van der Waals surface area contributed by atoms with Crippen LogP contribution in [-0.2, 0) is 9.59 Å². The highest BCUT2D eigenvalue weighted by Crippen LogP contribution is 2.22. The Balaban J connectivity index is 1.88. The molecular formula is C19H28ClN5O2. The molecular weight excluding hydrogens is 366 g/mol. The normalized spacial score (nSPS) is 14.9. The first-order chi connectivity index (χ1) is 12.9. The highest BCUT2D eigenvalue weighted by molar-refractivity contribution is 6.31. The van der Waals surface area contributed by atoms with Crippen LogP contribution in [0.25, 0.3) is 0 Å². The molecule has 1 aliphatic rings. The first-order valence-electron chi connectivity index (χ1n) is 9.26. The number of hydrogen-bond donors (Lipinski definition) is 2. The third kappa shape index (κ3) is 6.13. The Hall–Kier alpha value is -2.28. The number of piperazine rings is 1.